The van der Waals surface area contributed by atoms with Crippen molar-refractivity contribution in [3.8, 4) is 11.3 Å². The van der Waals surface area contributed by atoms with Gasteiger partial charge in [-0.1, -0.05) is 40.2 Å². The zero-order chi connectivity index (χ0) is 13.8. The van der Waals surface area contributed by atoms with Gasteiger partial charge >= 0.3 is 0 Å². The van der Waals surface area contributed by atoms with Crippen LogP contribution < -0.4 is 5.32 Å². The Balaban J connectivity index is 1.73. The normalized spacial score (nSPS) is 10.4. The van der Waals surface area contributed by atoms with Gasteiger partial charge in [0, 0.05) is 28.5 Å². The molecule has 20 heavy (non-hydrogen) atoms. The van der Waals surface area contributed by atoms with Crippen LogP contribution in [-0.4, -0.2) is 10.2 Å². The molecule has 0 unspecified atom stereocenters. The van der Waals surface area contributed by atoms with Gasteiger partial charge in [-0.15, -0.1) is 0 Å². The van der Waals surface area contributed by atoms with Crippen molar-refractivity contribution in [2.45, 2.75) is 6.54 Å². The Morgan fingerprint density at radius 3 is 2.75 bits per heavy atom. The van der Waals surface area contributed by atoms with E-state index in [1.165, 1.54) is 5.56 Å². The molecule has 0 radical (unpaired) electrons. The molecule has 4 heteroatoms. The minimum Gasteiger partial charge on any atom is -0.381 e. The lowest BCUT2D eigenvalue weighted by Crippen LogP contribution is -1.99. The summed E-state index contributed by atoms with van der Waals surface area (Å²) in [5.41, 5.74) is 4.49. The summed E-state index contributed by atoms with van der Waals surface area (Å²) in [6.07, 6.45) is 1.76. The van der Waals surface area contributed by atoms with Crippen molar-refractivity contribution >= 4 is 21.6 Å². The molecule has 2 aromatic carbocycles. The average Bonchev–Trinajstić information content (AvgIpc) is 3.00. The highest BCUT2D eigenvalue weighted by molar-refractivity contribution is 9.10. The maximum Gasteiger partial charge on any atom is 0.0650 e. The van der Waals surface area contributed by atoms with Crippen LogP contribution in [0.25, 0.3) is 11.3 Å². The lowest BCUT2D eigenvalue weighted by Gasteiger charge is -2.08. The van der Waals surface area contributed by atoms with E-state index in [2.05, 4.69) is 61.8 Å². The Labute approximate surface area is 126 Å². The molecule has 3 aromatic rings. The third-order valence-electron chi connectivity index (χ3n) is 3.06. The molecule has 0 atom stereocenters. The van der Waals surface area contributed by atoms with E-state index in [1.807, 2.05) is 24.3 Å². The van der Waals surface area contributed by atoms with E-state index in [1.54, 1.807) is 6.20 Å². The van der Waals surface area contributed by atoms with E-state index >= 15 is 0 Å². The van der Waals surface area contributed by atoms with Crippen molar-refractivity contribution in [1.82, 2.24) is 10.2 Å². The molecule has 1 heterocycles. The molecule has 3 rings (SSSR count). The van der Waals surface area contributed by atoms with E-state index in [4.69, 9.17) is 0 Å². The molecule has 1 aromatic heterocycles. The molecule has 100 valence electrons. The van der Waals surface area contributed by atoms with Gasteiger partial charge < -0.3 is 5.32 Å². The molecule has 0 aliphatic rings. The van der Waals surface area contributed by atoms with E-state index in [9.17, 15) is 0 Å². The van der Waals surface area contributed by atoms with E-state index in [0.717, 1.165) is 28.0 Å². The first-order valence-electron chi connectivity index (χ1n) is 6.39. The summed E-state index contributed by atoms with van der Waals surface area (Å²) in [6, 6.07) is 18.6. The Morgan fingerprint density at radius 1 is 1.05 bits per heavy atom. The van der Waals surface area contributed by atoms with Crippen molar-refractivity contribution in [1.29, 1.82) is 0 Å². The van der Waals surface area contributed by atoms with Crippen molar-refractivity contribution in [3.63, 3.8) is 0 Å². The lowest BCUT2D eigenvalue weighted by atomic mass is 10.1. The standard InChI is InChI=1S/C16H14BrN3/c17-14-5-1-3-12(9-14)11-18-15-6-2-4-13(10-15)16-7-8-19-20-16/h1-10,18H,11H2,(H,19,20). The fourth-order valence-electron chi connectivity index (χ4n) is 2.06. The zero-order valence-corrected chi connectivity index (χ0v) is 12.4. The fourth-order valence-corrected chi connectivity index (χ4v) is 2.51. The predicted octanol–water partition coefficient (Wildman–Crippen LogP) is 4.45. The van der Waals surface area contributed by atoms with Gasteiger partial charge in [-0.25, -0.2) is 0 Å². The molecule has 0 bridgehead atoms. The van der Waals surface area contributed by atoms with Crippen LogP contribution >= 0.6 is 15.9 Å². The van der Waals surface area contributed by atoms with Gasteiger partial charge in [-0.05, 0) is 35.9 Å². The van der Waals surface area contributed by atoms with Crippen LogP contribution in [0.5, 0.6) is 0 Å². The van der Waals surface area contributed by atoms with Gasteiger partial charge in [0.05, 0.1) is 5.69 Å². The van der Waals surface area contributed by atoms with E-state index in [0.29, 0.717) is 0 Å². The molecule has 0 saturated carbocycles. The van der Waals surface area contributed by atoms with Crippen LogP contribution in [0.1, 0.15) is 5.56 Å². The highest BCUT2D eigenvalue weighted by Crippen LogP contribution is 2.21. The first kappa shape index (κ1) is 12.9. The van der Waals surface area contributed by atoms with Crippen molar-refractivity contribution < 1.29 is 0 Å². The molecule has 0 amide bonds. The number of benzene rings is 2. The largest absolute Gasteiger partial charge is 0.381 e. The van der Waals surface area contributed by atoms with Crippen molar-refractivity contribution in [2.24, 2.45) is 0 Å². The maximum absolute atomic E-state index is 3.98. The summed E-state index contributed by atoms with van der Waals surface area (Å²) in [7, 11) is 0. The number of aromatic nitrogens is 2. The third kappa shape index (κ3) is 3.08. The molecule has 0 saturated heterocycles. The van der Waals surface area contributed by atoms with Crippen LogP contribution in [-0.2, 0) is 6.54 Å². The highest BCUT2D eigenvalue weighted by Gasteiger charge is 2.00. The molecule has 2 N–H and O–H groups in total. The number of hydrogen-bond acceptors (Lipinski definition) is 2. The molecule has 3 nitrogen and oxygen atoms in total. The predicted molar refractivity (Wildman–Crippen MR) is 85.5 cm³/mol. The summed E-state index contributed by atoms with van der Waals surface area (Å²) in [4.78, 5) is 0. The van der Waals surface area contributed by atoms with Crippen LogP contribution in [0.15, 0.2) is 65.3 Å². The monoisotopic (exact) mass is 327 g/mol. The van der Waals surface area contributed by atoms with Crippen LogP contribution in [0.2, 0.25) is 0 Å². The smallest absolute Gasteiger partial charge is 0.0650 e. The Morgan fingerprint density at radius 2 is 1.95 bits per heavy atom. The first-order valence-corrected chi connectivity index (χ1v) is 7.19. The van der Waals surface area contributed by atoms with Gasteiger partial charge in [0.1, 0.15) is 0 Å². The lowest BCUT2D eigenvalue weighted by molar-refractivity contribution is 1.09. The van der Waals surface area contributed by atoms with Crippen molar-refractivity contribution in [2.75, 3.05) is 5.32 Å². The number of rotatable bonds is 4. The second kappa shape index (κ2) is 5.92. The number of anilines is 1. The van der Waals surface area contributed by atoms with Crippen LogP contribution in [0.4, 0.5) is 5.69 Å². The summed E-state index contributed by atoms with van der Waals surface area (Å²) in [5.74, 6) is 0. The molecular formula is C16H14BrN3. The van der Waals surface area contributed by atoms with Gasteiger partial charge in [0.25, 0.3) is 0 Å². The topological polar surface area (TPSA) is 40.7 Å². The van der Waals surface area contributed by atoms with Crippen LogP contribution in [0, 0.1) is 0 Å². The van der Waals surface area contributed by atoms with Gasteiger partial charge in [-0.3, -0.25) is 5.10 Å². The van der Waals surface area contributed by atoms with Crippen LogP contribution in [0.3, 0.4) is 0 Å². The number of aromatic amines is 1. The minimum atomic E-state index is 0.797. The quantitative estimate of drug-likeness (QED) is 0.743. The SMILES string of the molecule is Brc1cccc(CNc2cccc(-c3ccn[nH]3)c2)c1. The molecule has 0 aliphatic heterocycles. The zero-order valence-electron chi connectivity index (χ0n) is 10.8. The molecular weight excluding hydrogens is 314 g/mol. The minimum absolute atomic E-state index is 0.797. The van der Waals surface area contributed by atoms with Crippen molar-refractivity contribution in [3.05, 3.63) is 70.8 Å². The third-order valence-corrected chi connectivity index (χ3v) is 3.55. The maximum atomic E-state index is 3.98. The fraction of sp³-hybridized carbons (Fsp3) is 0.0625. The highest BCUT2D eigenvalue weighted by atomic mass is 79.9. The summed E-state index contributed by atoms with van der Waals surface area (Å²) >= 11 is 3.49. The van der Waals surface area contributed by atoms with E-state index in [-0.39, 0.29) is 0 Å². The Hall–Kier alpha value is -2.07. The van der Waals surface area contributed by atoms with Gasteiger partial charge in [0.2, 0.25) is 0 Å². The first-order chi connectivity index (χ1) is 9.81. The summed E-state index contributed by atoms with van der Waals surface area (Å²) in [6.45, 7) is 0.797. The second-order valence-electron chi connectivity index (χ2n) is 4.53. The number of nitrogens with zero attached hydrogens (tertiary/aromatic N) is 1. The van der Waals surface area contributed by atoms with Gasteiger partial charge in [-0.2, -0.15) is 5.10 Å². The Bertz CT molecular complexity index is 692. The summed E-state index contributed by atoms with van der Waals surface area (Å²) in [5, 5.41) is 10.4. The second-order valence-corrected chi connectivity index (χ2v) is 5.45. The molecule has 0 aliphatic carbocycles. The number of halogens is 1. The Kier molecular flexibility index (Phi) is 3.83. The average molecular weight is 328 g/mol. The molecule has 0 fully saturated rings. The van der Waals surface area contributed by atoms with Gasteiger partial charge in [0.15, 0.2) is 0 Å². The number of hydrogen-bond donors (Lipinski definition) is 2. The molecule has 0 spiro atoms. The summed E-state index contributed by atoms with van der Waals surface area (Å²) < 4.78 is 1.10. The number of nitrogens with one attached hydrogen (secondary N) is 2. The number of H-pyrrole nitrogens is 1. The van der Waals surface area contributed by atoms with E-state index < -0.39 is 0 Å².